The first-order chi connectivity index (χ1) is 9.49. The third-order valence-corrected chi connectivity index (χ3v) is 3.94. The second kappa shape index (κ2) is 5.71. The maximum Gasteiger partial charge on any atom is 0.257 e. The molecule has 1 aromatic rings. The summed E-state index contributed by atoms with van der Waals surface area (Å²) in [5, 5.41) is 20.2. The monoisotopic (exact) mass is 279 g/mol. The molecule has 20 heavy (non-hydrogen) atoms. The minimum absolute atomic E-state index is 0.0973. The van der Waals surface area contributed by atoms with Gasteiger partial charge in [-0.1, -0.05) is 6.92 Å². The molecule has 0 aromatic heterocycles. The molecule has 1 amide bonds. The van der Waals surface area contributed by atoms with Gasteiger partial charge in [-0.25, -0.2) is 0 Å². The number of methoxy groups -OCH3 is 1. The number of phenolic OH excluding ortho intramolecular Hbond substituents is 1. The molecular weight excluding hydrogens is 258 g/mol. The minimum atomic E-state index is -0.810. The summed E-state index contributed by atoms with van der Waals surface area (Å²) in [4.78, 5) is 14.0. The molecule has 110 valence electrons. The van der Waals surface area contributed by atoms with Crippen LogP contribution in [0, 0.1) is 0 Å². The summed E-state index contributed by atoms with van der Waals surface area (Å²) in [5.74, 6) is 0.152. The second-order valence-corrected chi connectivity index (χ2v) is 5.29. The lowest BCUT2D eigenvalue weighted by Crippen LogP contribution is -2.49. The lowest BCUT2D eigenvalue weighted by atomic mass is 9.90. The Labute approximate surface area is 118 Å². The first-order valence-corrected chi connectivity index (χ1v) is 6.88. The smallest absolute Gasteiger partial charge is 0.257 e. The highest BCUT2D eigenvalue weighted by molar-refractivity contribution is 5.97. The number of ether oxygens (including phenoxy) is 1. The van der Waals surface area contributed by atoms with E-state index in [4.69, 9.17) is 4.74 Å². The van der Waals surface area contributed by atoms with Crippen LogP contribution in [0.5, 0.6) is 11.5 Å². The molecule has 1 aromatic carbocycles. The SMILES string of the molecule is CC[C@]1(O)CCCN(C(=O)c2ccc(OC)cc2O)C1. The number of hydrogen-bond donors (Lipinski definition) is 2. The van der Waals surface area contributed by atoms with Gasteiger partial charge in [0.2, 0.25) is 0 Å². The van der Waals surface area contributed by atoms with Crippen LogP contribution >= 0.6 is 0 Å². The van der Waals surface area contributed by atoms with Crippen molar-refractivity contribution in [2.24, 2.45) is 0 Å². The van der Waals surface area contributed by atoms with E-state index < -0.39 is 5.60 Å². The predicted molar refractivity (Wildman–Crippen MR) is 75.0 cm³/mol. The van der Waals surface area contributed by atoms with Gasteiger partial charge in [-0.15, -0.1) is 0 Å². The zero-order chi connectivity index (χ0) is 14.8. The fourth-order valence-electron chi connectivity index (χ4n) is 2.56. The highest BCUT2D eigenvalue weighted by Gasteiger charge is 2.34. The van der Waals surface area contributed by atoms with Crippen LogP contribution in [-0.4, -0.2) is 46.8 Å². The molecule has 0 spiro atoms. The first-order valence-electron chi connectivity index (χ1n) is 6.88. The summed E-state index contributed by atoms with van der Waals surface area (Å²) in [5.41, 5.74) is -0.568. The Bertz CT molecular complexity index is 503. The number of piperidine rings is 1. The van der Waals surface area contributed by atoms with Crippen molar-refractivity contribution in [3.63, 3.8) is 0 Å². The summed E-state index contributed by atoms with van der Waals surface area (Å²) < 4.78 is 5.00. The number of phenols is 1. The van der Waals surface area contributed by atoms with Gasteiger partial charge < -0.3 is 19.8 Å². The molecule has 1 aliphatic rings. The third-order valence-electron chi connectivity index (χ3n) is 3.94. The first kappa shape index (κ1) is 14.7. The Morgan fingerprint density at radius 3 is 2.85 bits per heavy atom. The number of aromatic hydroxyl groups is 1. The van der Waals surface area contributed by atoms with Crippen LogP contribution in [0.15, 0.2) is 18.2 Å². The van der Waals surface area contributed by atoms with Crippen molar-refractivity contribution in [2.45, 2.75) is 31.8 Å². The number of benzene rings is 1. The zero-order valence-corrected chi connectivity index (χ0v) is 11.9. The highest BCUT2D eigenvalue weighted by Crippen LogP contribution is 2.28. The molecule has 0 saturated carbocycles. The normalized spacial score (nSPS) is 22.6. The average Bonchev–Trinajstić information content (AvgIpc) is 2.46. The molecule has 1 heterocycles. The predicted octanol–water partition coefficient (Wildman–Crippen LogP) is 1.78. The highest BCUT2D eigenvalue weighted by atomic mass is 16.5. The number of rotatable bonds is 3. The third kappa shape index (κ3) is 2.88. The van der Waals surface area contributed by atoms with Crippen molar-refractivity contribution < 1.29 is 19.7 Å². The van der Waals surface area contributed by atoms with E-state index >= 15 is 0 Å². The second-order valence-electron chi connectivity index (χ2n) is 5.29. The topological polar surface area (TPSA) is 70.0 Å². The summed E-state index contributed by atoms with van der Waals surface area (Å²) in [7, 11) is 1.50. The molecule has 1 aliphatic heterocycles. The summed E-state index contributed by atoms with van der Waals surface area (Å²) >= 11 is 0. The van der Waals surface area contributed by atoms with Gasteiger partial charge in [0.1, 0.15) is 11.5 Å². The van der Waals surface area contributed by atoms with Gasteiger partial charge >= 0.3 is 0 Å². The molecule has 0 bridgehead atoms. The molecule has 0 aliphatic carbocycles. The number of nitrogens with zero attached hydrogens (tertiary/aromatic N) is 1. The number of amides is 1. The van der Waals surface area contributed by atoms with E-state index in [0.29, 0.717) is 31.7 Å². The summed E-state index contributed by atoms with van der Waals surface area (Å²) in [6.07, 6.45) is 2.10. The van der Waals surface area contributed by atoms with Gasteiger partial charge in [0.05, 0.1) is 18.3 Å². The van der Waals surface area contributed by atoms with Gasteiger partial charge in [-0.2, -0.15) is 0 Å². The number of β-amino-alcohol motifs (C(OH)–C–C–N with tert-alkyl or cyclic N) is 1. The Morgan fingerprint density at radius 1 is 1.50 bits per heavy atom. The van der Waals surface area contributed by atoms with E-state index in [9.17, 15) is 15.0 Å². The van der Waals surface area contributed by atoms with Crippen molar-refractivity contribution in [1.82, 2.24) is 4.90 Å². The molecule has 2 N–H and O–H groups in total. The van der Waals surface area contributed by atoms with Gasteiger partial charge in [0, 0.05) is 19.2 Å². The number of carbonyl (C=O) groups excluding carboxylic acids is 1. The molecule has 1 saturated heterocycles. The van der Waals surface area contributed by atoms with Gasteiger partial charge in [0.25, 0.3) is 5.91 Å². The van der Waals surface area contributed by atoms with E-state index in [-0.39, 0.29) is 17.2 Å². The molecule has 5 nitrogen and oxygen atoms in total. The van der Waals surface area contributed by atoms with Crippen LogP contribution in [0.2, 0.25) is 0 Å². The quantitative estimate of drug-likeness (QED) is 0.885. The van der Waals surface area contributed by atoms with Crippen molar-refractivity contribution in [3.8, 4) is 11.5 Å². The number of likely N-dealkylation sites (tertiary alicyclic amines) is 1. The molecule has 5 heteroatoms. The molecule has 1 atom stereocenters. The van der Waals surface area contributed by atoms with Crippen LogP contribution in [0.25, 0.3) is 0 Å². The summed E-state index contributed by atoms with van der Waals surface area (Å²) in [6, 6.07) is 4.61. The number of hydrogen-bond acceptors (Lipinski definition) is 4. The molecular formula is C15H21NO4. The van der Waals surface area contributed by atoms with E-state index in [2.05, 4.69) is 0 Å². The maximum absolute atomic E-state index is 12.4. The van der Waals surface area contributed by atoms with E-state index in [1.54, 1.807) is 17.0 Å². The van der Waals surface area contributed by atoms with Gasteiger partial charge in [-0.3, -0.25) is 4.79 Å². The van der Waals surface area contributed by atoms with Gasteiger partial charge in [0.15, 0.2) is 0 Å². The molecule has 2 rings (SSSR count). The lowest BCUT2D eigenvalue weighted by molar-refractivity contribution is -0.0270. The Morgan fingerprint density at radius 2 is 2.25 bits per heavy atom. The fraction of sp³-hybridized carbons (Fsp3) is 0.533. The van der Waals surface area contributed by atoms with Crippen molar-refractivity contribution in [1.29, 1.82) is 0 Å². The number of carbonyl (C=O) groups is 1. The Hall–Kier alpha value is -1.75. The van der Waals surface area contributed by atoms with Crippen molar-refractivity contribution >= 4 is 5.91 Å². The minimum Gasteiger partial charge on any atom is -0.507 e. The molecule has 0 radical (unpaired) electrons. The lowest BCUT2D eigenvalue weighted by Gasteiger charge is -2.38. The Kier molecular flexibility index (Phi) is 4.18. The Balaban J connectivity index is 2.19. The van der Waals surface area contributed by atoms with E-state index in [1.165, 1.54) is 13.2 Å². The molecule has 0 unspecified atom stereocenters. The van der Waals surface area contributed by atoms with Crippen molar-refractivity contribution in [2.75, 3.05) is 20.2 Å². The van der Waals surface area contributed by atoms with Crippen LogP contribution in [-0.2, 0) is 0 Å². The molecule has 1 fully saturated rings. The van der Waals surface area contributed by atoms with Crippen LogP contribution < -0.4 is 4.74 Å². The van der Waals surface area contributed by atoms with Gasteiger partial charge in [-0.05, 0) is 31.4 Å². The summed E-state index contributed by atoms with van der Waals surface area (Å²) in [6.45, 7) is 2.83. The fourth-order valence-corrected chi connectivity index (χ4v) is 2.56. The maximum atomic E-state index is 12.4. The van der Waals surface area contributed by atoms with Crippen LogP contribution in [0.1, 0.15) is 36.5 Å². The average molecular weight is 279 g/mol. The van der Waals surface area contributed by atoms with E-state index in [0.717, 1.165) is 6.42 Å². The van der Waals surface area contributed by atoms with Crippen LogP contribution in [0.4, 0.5) is 0 Å². The van der Waals surface area contributed by atoms with E-state index in [1.807, 2.05) is 6.92 Å². The standard InChI is InChI=1S/C15H21NO4/c1-3-15(19)7-4-8-16(10-15)14(18)12-6-5-11(20-2)9-13(12)17/h5-6,9,17,19H,3-4,7-8,10H2,1-2H3/t15-/m0/s1. The van der Waals surface area contributed by atoms with Crippen molar-refractivity contribution in [3.05, 3.63) is 23.8 Å². The van der Waals surface area contributed by atoms with Crippen LogP contribution in [0.3, 0.4) is 0 Å². The largest absolute Gasteiger partial charge is 0.507 e. The zero-order valence-electron chi connectivity index (χ0n) is 11.9. The number of aliphatic hydroxyl groups is 1.